The van der Waals surface area contributed by atoms with Crippen LogP contribution in [0.4, 0.5) is 10.1 Å². The molecule has 0 aromatic heterocycles. The normalized spacial score (nSPS) is 23.5. The highest BCUT2D eigenvalue weighted by Crippen LogP contribution is 2.27. The Morgan fingerprint density at radius 3 is 2.74 bits per heavy atom. The van der Waals surface area contributed by atoms with Gasteiger partial charge in [0.25, 0.3) is 5.91 Å². The third kappa shape index (κ3) is 2.42. The molecule has 1 aromatic rings. The average molecular weight is 285 g/mol. The zero-order valence-electron chi connectivity index (χ0n) is 10.7. The molecule has 6 heteroatoms. The van der Waals surface area contributed by atoms with Crippen LogP contribution in [0, 0.1) is 5.82 Å². The molecule has 1 heterocycles. The largest absolute Gasteiger partial charge is 0.340 e. The summed E-state index contributed by atoms with van der Waals surface area (Å²) < 4.78 is 13.9. The van der Waals surface area contributed by atoms with E-state index in [9.17, 15) is 14.0 Å². The number of hydrogen-bond acceptors (Lipinski definition) is 2. The molecule has 4 nitrogen and oxygen atoms in total. The van der Waals surface area contributed by atoms with Crippen molar-refractivity contribution in [3.8, 4) is 0 Å². The summed E-state index contributed by atoms with van der Waals surface area (Å²) in [5.74, 6) is -1.25. The Hall–Kier alpha value is -1.62. The van der Waals surface area contributed by atoms with Crippen molar-refractivity contribution in [3.05, 3.63) is 29.0 Å². The summed E-state index contributed by atoms with van der Waals surface area (Å²) in [6.07, 6.45) is 0.434. The van der Waals surface area contributed by atoms with Gasteiger partial charge in [0.1, 0.15) is 17.9 Å². The minimum Gasteiger partial charge on any atom is -0.340 e. The van der Waals surface area contributed by atoms with E-state index in [4.69, 9.17) is 11.6 Å². The number of carbonyl (C=O) groups is 2. The van der Waals surface area contributed by atoms with E-state index in [2.05, 4.69) is 5.32 Å². The Morgan fingerprint density at radius 2 is 2.16 bits per heavy atom. The zero-order valence-corrected chi connectivity index (χ0v) is 11.4. The van der Waals surface area contributed by atoms with E-state index >= 15 is 0 Å². The van der Waals surface area contributed by atoms with Gasteiger partial charge in [-0.05, 0) is 31.5 Å². The van der Waals surface area contributed by atoms with Gasteiger partial charge in [-0.3, -0.25) is 14.5 Å². The topological polar surface area (TPSA) is 49.4 Å². The highest BCUT2D eigenvalue weighted by molar-refractivity contribution is 6.30. The van der Waals surface area contributed by atoms with Crippen LogP contribution in [0.25, 0.3) is 0 Å². The van der Waals surface area contributed by atoms with E-state index in [0.717, 1.165) is 11.0 Å². The lowest BCUT2D eigenvalue weighted by Crippen LogP contribution is -2.65. The van der Waals surface area contributed by atoms with E-state index in [1.807, 2.05) is 0 Å². The van der Waals surface area contributed by atoms with Gasteiger partial charge < -0.3 is 5.32 Å². The first-order chi connectivity index (χ1) is 8.87. The fourth-order valence-electron chi connectivity index (χ4n) is 2.05. The number of piperazine rings is 1. The Morgan fingerprint density at radius 1 is 1.47 bits per heavy atom. The molecular weight excluding hydrogens is 271 g/mol. The van der Waals surface area contributed by atoms with E-state index in [0.29, 0.717) is 6.42 Å². The molecule has 1 aromatic carbocycles. The minimum atomic E-state index is -0.999. The summed E-state index contributed by atoms with van der Waals surface area (Å²) in [5, 5.41) is 2.89. The van der Waals surface area contributed by atoms with Gasteiger partial charge in [0, 0.05) is 5.02 Å². The molecule has 19 heavy (non-hydrogen) atoms. The molecule has 0 bridgehead atoms. The predicted molar refractivity (Wildman–Crippen MR) is 70.6 cm³/mol. The molecule has 1 fully saturated rings. The van der Waals surface area contributed by atoms with E-state index in [1.54, 1.807) is 13.8 Å². The van der Waals surface area contributed by atoms with Crippen molar-refractivity contribution >= 4 is 29.1 Å². The van der Waals surface area contributed by atoms with Gasteiger partial charge in [-0.2, -0.15) is 0 Å². The molecule has 1 aliphatic heterocycles. The molecule has 0 saturated carbocycles. The second-order valence-electron chi connectivity index (χ2n) is 4.72. The van der Waals surface area contributed by atoms with Crippen LogP contribution < -0.4 is 10.2 Å². The first-order valence-corrected chi connectivity index (χ1v) is 6.33. The minimum absolute atomic E-state index is 0.0731. The molecule has 0 radical (unpaired) electrons. The summed E-state index contributed by atoms with van der Waals surface area (Å²) in [5.41, 5.74) is -0.926. The fraction of sp³-hybridized carbons (Fsp3) is 0.385. The summed E-state index contributed by atoms with van der Waals surface area (Å²) in [6, 6.07) is 4.02. The van der Waals surface area contributed by atoms with Crippen molar-refractivity contribution in [2.75, 3.05) is 11.4 Å². The molecule has 2 amide bonds. The number of nitrogens with one attached hydrogen (secondary N) is 1. The smallest absolute Gasteiger partial charge is 0.253 e. The second kappa shape index (κ2) is 4.81. The lowest BCUT2D eigenvalue weighted by atomic mass is 9.94. The molecule has 1 atom stereocenters. The number of hydrogen-bond donors (Lipinski definition) is 1. The monoisotopic (exact) mass is 284 g/mol. The zero-order chi connectivity index (χ0) is 14.2. The molecule has 2 rings (SSSR count). The van der Waals surface area contributed by atoms with Gasteiger partial charge in [-0.25, -0.2) is 4.39 Å². The number of benzene rings is 1. The standard InChI is InChI=1S/C13H14ClFN2O2/c1-3-13(2)12(19)17(7-11(18)16-13)10-5-4-8(14)6-9(10)15/h4-6H,3,7H2,1-2H3,(H,16,18). The number of nitrogens with zero attached hydrogens (tertiary/aromatic N) is 1. The van der Waals surface area contributed by atoms with Gasteiger partial charge >= 0.3 is 0 Å². The quantitative estimate of drug-likeness (QED) is 0.904. The van der Waals surface area contributed by atoms with Crippen molar-refractivity contribution in [1.82, 2.24) is 5.32 Å². The number of amides is 2. The van der Waals surface area contributed by atoms with Crippen LogP contribution in [0.3, 0.4) is 0 Å². The summed E-state index contributed by atoms with van der Waals surface area (Å²) in [7, 11) is 0. The van der Waals surface area contributed by atoms with Gasteiger partial charge in [0.15, 0.2) is 0 Å². The Kier molecular flexibility index (Phi) is 3.49. The second-order valence-corrected chi connectivity index (χ2v) is 5.16. The van der Waals surface area contributed by atoms with Crippen LogP contribution >= 0.6 is 11.6 Å². The van der Waals surface area contributed by atoms with Gasteiger partial charge in [0.2, 0.25) is 5.91 Å². The van der Waals surface area contributed by atoms with Crippen LogP contribution in [0.15, 0.2) is 18.2 Å². The third-order valence-electron chi connectivity index (χ3n) is 3.34. The van der Waals surface area contributed by atoms with Crippen LogP contribution in [-0.2, 0) is 9.59 Å². The van der Waals surface area contributed by atoms with E-state index in [-0.39, 0.29) is 29.1 Å². The van der Waals surface area contributed by atoms with Gasteiger partial charge in [-0.15, -0.1) is 0 Å². The van der Waals surface area contributed by atoms with Crippen molar-refractivity contribution < 1.29 is 14.0 Å². The van der Waals surface area contributed by atoms with Gasteiger partial charge in [-0.1, -0.05) is 18.5 Å². The molecule has 1 aliphatic rings. The van der Waals surface area contributed by atoms with Crippen LogP contribution in [-0.4, -0.2) is 23.9 Å². The molecule has 1 N–H and O–H groups in total. The van der Waals surface area contributed by atoms with E-state index in [1.165, 1.54) is 12.1 Å². The third-order valence-corrected chi connectivity index (χ3v) is 3.58. The van der Waals surface area contributed by atoms with Crippen LogP contribution in [0.5, 0.6) is 0 Å². The molecule has 102 valence electrons. The van der Waals surface area contributed by atoms with Crippen LogP contribution in [0.1, 0.15) is 20.3 Å². The van der Waals surface area contributed by atoms with Crippen LogP contribution in [0.2, 0.25) is 5.02 Å². The van der Waals surface area contributed by atoms with Crippen molar-refractivity contribution in [2.45, 2.75) is 25.8 Å². The Bertz CT molecular complexity index is 549. The highest BCUT2D eigenvalue weighted by Gasteiger charge is 2.42. The van der Waals surface area contributed by atoms with Crippen molar-refractivity contribution in [1.29, 1.82) is 0 Å². The first kappa shape index (κ1) is 13.8. The first-order valence-electron chi connectivity index (χ1n) is 5.95. The lowest BCUT2D eigenvalue weighted by molar-refractivity contribution is -0.135. The number of halogens is 2. The summed E-state index contributed by atoms with van der Waals surface area (Å²) >= 11 is 5.68. The Balaban J connectivity index is 2.43. The average Bonchev–Trinajstić information content (AvgIpc) is 2.34. The molecule has 0 aliphatic carbocycles. The SMILES string of the molecule is CCC1(C)NC(=O)CN(c2ccc(Cl)cc2F)C1=O. The maximum Gasteiger partial charge on any atom is 0.253 e. The van der Waals surface area contributed by atoms with Gasteiger partial charge in [0.05, 0.1) is 5.69 Å². The Labute approximate surface area is 115 Å². The maximum atomic E-state index is 13.9. The summed E-state index contributed by atoms with van der Waals surface area (Å²) in [6.45, 7) is 3.24. The molecular formula is C13H14ClFN2O2. The summed E-state index contributed by atoms with van der Waals surface area (Å²) in [4.78, 5) is 25.2. The predicted octanol–water partition coefficient (Wildman–Crippen LogP) is 2.11. The highest BCUT2D eigenvalue weighted by atomic mass is 35.5. The van der Waals surface area contributed by atoms with Crippen molar-refractivity contribution in [3.63, 3.8) is 0 Å². The number of carbonyl (C=O) groups excluding carboxylic acids is 2. The fourth-order valence-corrected chi connectivity index (χ4v) is 2.21. The molecule has 1 saturated heterocycles. The molecule has 1 unspecified atom stereocenters. The number of rotatable bonds is 2. The van der Waals surface area contributed by atoms with Crippen molar-refractivity contribution in [2.24, 2.45) is 0 Å². The lowest BCUT2D eigenvalue weighted by Gasteiger charge is -2.39. The molecule has 0 spiro atoms. The maximum absolute atomic E-state index is 13.9. The van der Waals surface area contributed by atoms with E-state index < -0.39 is 11.4 Å². The number of anilines is 1.